The highest BCUT2D eigenvalue weighted by atomic mass is 32.1. The monoisotopic (exact) mass is 536 g/mol. The van der Waals surface area contributed by atoms with Crippen molar-refractivity contribution in [1.82, 2.24) is 0 Å². The van der Waals surface area contributed by atoms with E-state index in [4.69, 9.17) is 0 Å². The molecule has 2 aromatic carbocycles. The first kappa shape index (κ1) is 24.8. The standard InChI is InChI=1S/C27H18F6OS2/c1-13-20(14(2)36-24(13)17-10-8-16(12-34)9-11-17)22-23(26(30,31)27(32,33)25(22,28)29)21-15(3)35-19-7-5-4-6-18(19)21/h4-12H,1-3H3. The average Bonchev–Trinajstić information content (AvgIpc) is 3.34. The van der Waals surface area contributed by atoms with E-state index >= 15 is 17.6 Å². The lowest BCUT2D eigenvalue weighted by Gasteiger charge is -2.26. The first-order valence-corrected chi connectivity index (χ1v) is 12.5. The molecule has 1 nitrogen and oxygen atoms in total. The summed E-state index contributed by atoms with van der Waals surface area (Å²) in [6.45, 7) is 4.41. The maximum atomic E-state index is 15.5. The molecule has 0 saturated carbocycles. The highest BCUT2D eigenvalue weighted by molar-refractivity contribution is 7.19. The molecule has 186 valence electrons. The SMILES string of the molecule is Cc1sc(-c2ccc(C=O)cc2)c(C)c1C1=C(c2c(C)sc3ccccc23)C(F)(F)C(F)(F)C1(F)F. The lowest BCUT2D eigenvalue weighted by atomic mass is 9.90. The number of fused-ring (bicyclic) bond motifs is 1. The number of halogens is 6. The second-order valence-corrected chi connectivity index (χ2v) is 11.2. The quantitative estimate of drug-likeness (QED) is 0.188. The van der Waals surface area contributed by atoms with Gasteiger partial charge in [-0.2, -0.15) is 26.3 Å². The van der Waals surface area contributed by atoms with Crippen molar-refractivity contribution in [1.29, 1.82) is 0 Å². The van der Waals surface area contributed by atoms with E-state index in [1.54, 1.807) is 30.3 Å². The van der Waals surface area contributed by atoms with E-state index in [9.17, 15) is 13.6 Å². The molecule has 9 heteroatoms. The van der Waals surface area contributed by atoms with Crippen molar-refractivity contribution in [3.63, 3.8) is 0 Å². The van der Waals surface area contributed by atoms with Crippen molar-refractivity contribution >= 4 is 50.2 Å². The maximum Gasteiger partial charge on any atom is 0.380 e. The lowest BCUT2D eigenvalue weighted by Crippen LogP contribution is -2.49. The third kappa shape index (κ3) is 3.18. The molecule has 0 atom stereocenters. The van der Waals surface area contributed by atoms with Gasteiger partial charge < -0.3 is 0 Å². The molecule has 0 aliphatic heterocycles. The van der Waals surface area contributed by atoms with Crippen LogP contribution in [0, 0.1) is 20.8 Å². The van der Waals surface area contributed by atoms with Gasteiger partial charge >= 0.3 is 17.8 Å². The van der Waals surface area contributed by atoms with Crippen molar-refractivity contribution in [2.24, 2.45) is 0 Å². The predicted molar refractivity (Wildman–Crippen MR) is 133 cm³/mol. The molecule has 2 aromatic heterocycles. The molecule has 1 aliphatic carbocycles. The normalized spacial score (nSPS) is 18.2. The molecule has 0 N–H and O–H groups in total. The zero-order valence-electron chi connectivity index (χ0n) is 19.2. The van der Waals surface area contributed by atoms with Crippen molar-refractivity contribution in [2.75, 3.05) is 0 Å². The van der Waals surface area contributed by atoms with Crippen LogP contribution in [0.5, 0.6) is 0 Å². The smallest absolute Gasteiger partial charge is 0.298 e. The first-order valence-electron chi connectivity index (χ1n) is 10.9. The van der Waals surface area contributed by atoms with Gasteiger partial charge in [-0.15, -0.1) is 22.7 Å². The Bertz CT molecular complexity index is 1560. The summed E-state index contributed by atoms with van der Waals surface area (Å²) in [6, 6.07) is 12.6. The second kappa shape index (κ2) is 8.05. The molecule has 0 spiro atoms. The Balaban J connectivity index is 1.87. The van der Waals surface area contributed by atoms with Crippen molar-refractivity contribution in [3.05, 3.63) is 80.5 Å². The Morgan fingerprint density at radius 2 is 1.28 bits per heavy atom. The van der Waals surface area contributed by atoms with E-state index in [0.29, 0.717) is 27.0 Å². The number of hydrogen-bond donors (Lipinski definition) is 0. The molecule has 2 heterocycles. The van der Waals surface area contributed by atoms with Crippen LogP contribution in [0.3, 0.4) is 0 Å². The summed E-state index contributed by atoms with van der Waals surface area (Å²) >= 11 is 2.15. The molecule has 0 radical (unpaired) electrons. The largest absolute Gasteiger partial charge is 0.380 e. The molecule has 0 fully saturated rings. The molecule has 1 aliphatic rings. The Kier molecular flexibility index (Phi) is 5.54. The molecular weight excluding hydrogens is 518 g/mol. The number of allylic oxidation sites excluding steroid dienone is 2. The van der Waals surface area contributed by atoms with Crippen LogP contribution in [-0.2, 0) is 0 Å². The molecular formula is C27H18F6OS2. The third-order valence-corrected chi connectivity index (χ3v) is 8.91. The van der Waals surface area contributed by atoms with Gasteiger partial charge in [-0.1, -0.05) is 42.5 Å². The number of aryl methyl sites for hydroxylation is 2. The second-order valence-electron chi connectivity index (χ2n) is 8.73. The molecule has 0 unspecified atom stereocenters. The van der Waals surface area contributed by atoms with Gasteiger partial charge in [0.15, 0.2) is 0 Å². The maximum absolute atomic E-state index is 15.5. The average molecular weight is 537 g/mol. The Labute approximate surface area is 210 Å². The summed E-state index contributed by atoms with van der Waals surface area (Å²) in [4.78, 5) is 11.9. The first-order chi connectivity index (χ1) is 16.8. The van der Waals surface area contributed by atoms with Crippen LogP contribution in [0.15, 0.2) is 48.5 Å². The number of aldehydes is 1. The summed E-state index contributed by atoms with van der Waals surface area (Å²) in [5, 5.41) is 0.232. The summed E-state index contributed by atoms with van der Waals surface area (Å²) in [5.41, 5.74) is -2.04. The third-order valence-electron chi connectivity index (χ3n) is 6.57. The van der Waals surface area contributed by atoms with Gasteiger partial charge in [-0.3, -0.25) is 4.79 Å². The van der Waals surface area contributed by atoms with Crippen molar-refractivity contribution < 1.29 is 31.1 Å². The van der Waals surface area contributed by atoms with Gasteiger partial charge in [0.25, 0.3) is 0 Å². The number of alkyl halides is 6. The topological polar surface area (TPSA) is 17.1 Å². The van der Waals surface area contributed by atoms with Gasteiger partial charge in [0.1, 0.15) is 6.29 Å². The van der Waals surface area contributed by atoms with Gasteiger partial charge in [0, 0.05) is 52.6 Å². The highest BCUT2D eigenvalue weighted by Gasteiger charge is 2.80. The molecule has 0 bridgehead atoms. The van der Waals surface area contributed by atoms with Gasteiger partial charge in [-0.25, -0.2) is 0 Å². The van der Waals surface area contributed by atoms with E-state index in [0.717, 1.165) is 22.7 Å². The Hall–Kier alpha value is -2.91. The number of hydrogen-bond acceptors (Lipinski definition) is 3. The van der Waals surface area contributed by atoms with E-state index in [2.05, 4.69) is 0 Å². The molecule has 0 amide bonds. The van der Waals surface area contributed by atoms with Crippen LogP contribution in [0.25, 0.3) is 31.7 Å². The summed E-state index contributed by atoms with van der Waals surface area (Å²) in [7, 11) is 0. The molecule has 0 saturated heterocycles. The minimum atomic E-state index is -5.62. The molecule has 5 rings (SSSR count). The molecule has 36 heavy (non-hydrogen) atoms. The van der Waals surface area contributed by atoms with Crippen LogP contribution < -0.4 is 0 Å². The fraction of sp³-hybridized carbons (Fsp3) is 0.222. The van der Waals surface area contributed by atoms with E-state index in [1.807, 2.05) is 0 Å². The highest BCUT2D eigenvalue weighted by Crippen LogP contribution is 2.67. The van der Waals surface area contributed by atoms with Crippen molar-refractivity contribution in [2.45, 2.75) is 38.5 Å². The van der Waals surface area contributed by atoms with Gasteiger partial charge in [0.05, 0.1) is 0 Å². The summed E-state index contributed by atoms with van der Waals surface area (Å²) in [6.07, 6.45) is 0.648. The van der Waals surface area contributed by atoms with E-state index in [1.165, 1.54) is 39.0 Å². The van der Waals surface area contributed by atoms with Crippen molar-refractivity contribution in [3.8, 4) is 10.4 Å². The Morgan fingerprint density at radius 3 is 1.89 bits per heavy atom. The van der Waals surface area contributed by atoms with Crippen LogP contribution >= 0.6 is 22.7 Å². The summed E-state index contributed by atoms with van der Waals surface area (Å²) < 4.78 is 92.3. The van der Waals surface area contributed by atoms with Crippen LogP contribution in [-0.4, -0.2) is 24.1 Å². The van der Waals surface area contributed by atoms with Crippen LogP contribution in [0.2, 0.25) is 0 Å². The Morgan fingerprint density at radius 1 is 0.722 bits per heavy atom. The number of thiophene rings is 2. The lowest BCUT2D eigenvalue weighted by molar-refractivity contribution is -0.254. The minimum absolute atomic E-state index is 0.203. The van der Waals surface area contributed by atoms with Gasteiger partial charge in [-0.05, 0) is 38.0 Å². The van der Waals surface area contributed by atoms with E-state index < -0.39 is 28.9 Å². The van der Waals surface area contributed by atoms with Crippen LogP contribution in [0.1, 0.15) is 36.8 Å². The number of carbonyl (C=O) groups excluding carboxylic acids is 1. The fourth-order valence-corrected chi connectivity index (χ4v) is 7.12. The number of benzene rings is 2. The predicted octanol–water partition coefficient (Wildman–Crippen LogP) is 9.20. The fourth-order valence-electron chi connectivity index (χ4n) is 4.88. The van der Waals surface area contributed by atoms with E-state index in [-0.39, 0.29) is 31.8 Å². The van der Waals surface area contributed by atoms with Gasteiger partial charge in [0.2, 0.25) is 0 Å². The minimum Gasteiger partial charge on any atom is -0.298 e. The van der Waals surface area contributed by atoms with Crippen LogP contribution in [0.4, 0.5) is 26.3 Å². The number of rotatable bonds is 4. The summed E-state index contributed by atoms with van der Waals surface area (Å²) in [5.74, 6) is -15.8. The molecule has 4 aromatic rings. The zero-order chi connectivity index (χ0) is 26.2. The zero-order valence-corrected chi connectivity index (χ0v) is 20.8. The number of carbonyl (C=O) groups is 1.